The van der Waals surface area contributed by atoms with Crippen LogP contribution in [0.4, 0.5) is 5.82 Å². The van der Waals surface area contributed by atoms with Crippen molar-refractivity contribution >= 4 is 11.7 Å². The fourth-order valence-electron chi connectivity index (χ4n) is 2.09. The summed E-state index contributed by atoms with van der Waals surface area (Å²) < 4.78 is 0. The molecule has 1 fully saturated rings. The minimum atomic E-state index is -0.301. The first-order valence-corrected chi connectivity index (χ1v) is 6.81. The molecule has 1 aliphatic rings. The van der Waals surface area contributed by atoms with E-state index in [2.05, 4.69) is 25.5 Å². The van der Waals surface area contributed by atoms with Crippen LogP contribution >= 0.6 is 0 Å². The fourth-order valence-corrected chi connectivity index (χ4v) is 2.09. The average molecular weight is 288 g/mol. The first-order valence-electron chi connectivity index (χ1n) is 6.81. The Hall–Kier alpha value is -2.64. The zero-order chi connectivity index (χ0) is 14.8. The number of nitrogens with two attached hydrogens (primary N) is 1. The smallest absolute Gasteiger partial charge is 0.271 e. The molecule has 2 aromatic rings. The van der Waals surface area contributed by atoms with Gasteiger partial charge in [-0.3, -0.25) is 14.7 Å². The van der Waals surface area contributed by atoms with Crippen molar-refractivity contribution < 1.29 is 4.79 Å². The first kappa shape index (κ1) is 13.3. The van der Waals surface area contributed by atoms with Crippen LogP contribution in [0.5, 0.6) is 0 Å². The van der Waals surface area contributed by atoms with Crippen molar-refractivity contribution in [2.75, 3.05) is 12.3 Å². The highest BCUT2D eigenvalue weighted by Crippen LogP contribution is 2.38. The van der Waals surface area contributed by atoms with E-state index in [0.29, 0.717) is 30.4 Å². The van der Waals surface area contributed by atoms with Gasteiger partial charge in [0.2, 0.25) is 0 Å². The van der Waals surface area contributed by atoms with E-state index in [0.717, 1.165) is 18.5 Å². The highest BCUT2D eigenvalue weighted by molar-refractivity contribution is 5.92. The number of carbonyl (C=O) groups is 1. The maximum absolute atomic E-state index is 11.9. The van der Waals surface area contributed by atoms with Gasteiger partial charge in [0, 0.05) is 30.6 Å². The topological polar surface area (TPSA) is 130 Å². The standard InChI is InChI=1S/C13H16N6O2/c14-10-6-12(20)17-11(16-10)3-4-15-13(21)9-5-8(18-19-9)7-1-2-7/h5-7H,1-4H2,(H,15,21)(H,18,19)(H3,14,16,17,20). The highest BCUT2D eigenvalue weighted by Gasteiger charge is 2.26. The van der Waals surface area contributed by atoms with Crippen molar-refractivity contribution in [3.63, 3.8) is 0 Å². The molecule has 2 heterocycles. The van der Waals surface area contributed by atoms with Gasteiger partial charge < -0.3 is 16.0 Å². The summed E-state index contributed by atoms with van der Waals surface area (Å²) in [6, 6.07) is 3.00. The van der Waals surface area contributed by atoms with Crippen LogP contribution in [0.3, 0.4) is 0 Å². The van der Waals surface area contributed by atoms with Crippen molar-refractivity contribution in [3.8, 4) is 0 Å². The van der Waals surface area contributed by atoms with Crippen molar-refractivity contribution in [1.29, 1.82) is 0 Å². The molecule has 0 aliphatic heterocycles. The zero-order valence-corrected chi connectivity index (χ0v) is 11.3. The monoisotopic (exact) mass is 288 g/mol. The van der Waals surface area contributed by atoms with Gasteiger partial charge in [-0.1, -0.05) is 0 Å². The van der Waals surface area contributed by atoms with Gasteiger partial charge in [-0.25, -0.2) is 4.98 Å². The Morgan fingerprint density at radius 1 is 1.43 bits per heavy atom. The van der Waals surface area contributed by atoms with Crippen LogP contribution in [0.15, 0.2) is 16.9 Å². The van der Waals surface area contributed by atoms with Crippen LogP contribution in [-0.2, 0) is 6.42 Å². The minimum Gasteiger partial charge on any atom is -0.383 e. The lowest BCUT2D eigenvalue weighted by Gasteiger charge is -2.03. The molecule has 0 radical (unpaired) electrons. The number of anilines is 1. The number of amides is 1. The molecule has 3 rings (SSSR count). The predicted molar refractivity (Wildman–Crippen MR) is 75.9 cm³/mol. The average Bonchev–Trinajstić information content (AvgIpc) is 3.15. The Morgan fingerprint density at radius 3 is 2.95 bits per heavy atom. The second-order valence-corrected chi connectivity index (χ2v) is 5.11. The van der Waals surface area contributed by atoms with E-state index in [9.17, 15) is 9.59 Å². The van der Waals surface area contributed by atoms with E-state index in [1.165, 1.54) is 6.07 Å². The van der Waals surface area contributed by atoms with E-state index < -0.39 is 0 Å². The molecule has 0 aromatic carbocycles. The number of rotatable bonds is 5. The number of hydrogen-bond donors (Lipinski definition) is 4. The summed E-state index contributed by atoms with van der Waals surface area (Å²) in [5, 5.41) is 9.62. The Labute approximate surface area is 120 Å². The molecule has 8 heteroatoms. The molecule has 5 N–H and O–H groups in total. The third kappa shape index (κ3) is 3.28. The second-order valence-electron chi connectivity index (χ2n) is 5.11. The van der Waals surface area contributed by atoms with Gasteiger partial charge in [0.05, 0.1) is 0 Å². The van der Waals surface area contributed by atoms with E-state index in [4.69, 9.17) is 5.73 Å². The fraction of sp³-hybridized carbons (Fsp3) is 0.385. The van der Waals surface area contributed by atoms with Crippen molar-refractivity contribution in [3.05, 3.63) is 39.7 Å². The number of aromatic nitrogens is 4. The van der Waals surface area contributed by atoms with Crippen LogP contribution in [0, 0.1) is 0 Å². The van der Waals surface area contributed by atoms with Gasteiger partial charge in [0.25, 0.3) is 11.5 Å². The Kier molecular flexibility index (Phi) is 3.43. The molecular formula is C13H16N6O2. The normalized spacial score (nSPS) is 14.1. The summed E-state index contributed by atoms with van der Waals surface area (Å²) in [5.74, 6) is 0.896. The molecule has 1 aliphatic carbocycles. The maximum Gasteiger partial charge on any atom is 0.271 e. The molecule has 8 nitrogen and oxygen atoms in total. The summed E-state index contributed by atoms with van der Waals surface area (Å²) in [7, 11) is 0. The van der Waals surface area contributed by atoms with E-state index >= 15 is 0 Å². The Bertz CT molecular complexity index is 715. The van der Waals surface area contributed by atoms with Crippen molar-refractivity contribution in [2.24, 2.45) is 0 Å². The minimum absolute atomic E-state index is 0.168. The molecule has 1 saturated carbocycles. The molecule has 110 valence electrons. The number of nitrogens with one attached hydrogen (secondary N) is 3. The summed E-state index contributed by atoms with van der Waals surface area (Å²) in [6.45, 7) is 0.344. The quantitative estimate of drug-likeness (QED) is 0.611. The number of carbonyl (C=O) groups excluding carboxylic acids is 1. The maximum atomic E-state index is 11.9. The van der Waals surface area contributed by atoms with Crippen molar-refractivity contribution in [2.45, 2.75) is 25.2 Å². The van der Waals surface area contributed by atoms with Crippen LogP contribution in [0.25, 0.3) is 0 Å². The lowest BCUT2D eigenvalue weighted by molar-refractivity contribution is 0.0949. The SMILES string of the molecule is Nc1cc(=O)[nH]c(CCNC(=O)c2cc(C3CC3)[nH]n2)n1. The number of aromatic amines is 2. The first-order chi connectivity index (χ1) is 10.1. The molecule has 0 unspecified atom stereocenters. The van der Waals surface area contributed by atoms with Gasteiger partial charge >= 0.3 is 0 Å². The molecule has 0 spiro atoms. The number of nitrogens with zero attached hydrogens (tertiary/aromatic N) is 2. The molecule has 2 aromatic heterocycles. The summed E-state index contributed by atoms with van der Waals surface area (Å²) in [4.78, 5) is 29.7. The van der Waals surface area contributed by atoms with E-state index in [-0.39, 0.29) is 17.3 Å². The van der Waals surface area contributed by atoms with Crippen molar-refractivity contribution in [1.82, 2.24) is 25.5 Å². The number of hydrogen-bond acceptors (Lipinski definition) is 5. The molecule has 0 bridgehead atoms. The number of H-pyrrole nitrogens is 2. The Morgan fingerprint density at radius 2 is 2.24 bits per heavy atom. The van der Waals surface area contributed by atoms with Gasteiger partial charge in [-0.15, -0.1) is 0 Å². The summed E-state index contributed by atoms with van der Waals surface area (Å²) in [5.41, 5.74) is 6.58. The molecular weight excluding hydrogens is 272 g/mol. The van der Waals surface area contributed by atoms with Gasteiger partial charge in [-0.05, 0) is 18.9 Å². The van der Waals surface area contributed by atoms with Crippen LogP contribution in [0.1, 0.15) is 40.8 Å². The van der Waals surface area contributed by atoms with Crippen LogP contribution < -0.4 is 16.6 Å². The Balaban J connectivity index is 1.54. The van der Waals surface area contributed by atoms with Gasteiger partial charge in [0.15, 0.2) is 0 Å². The zero-order valence-electron chi connectivity index (χ0n) is 11.3. The number of nitrogen functional groups attached to an aromatic ring is 1. The molecule has 0 saturated heterocycles. The lowest BCUT2D eigenvalue weighted by atomic mass is 10.2. The predicted octanol–water partition coefficient (Wildman–Crippen LogP) is -0.0749. The highest BCUT2D eigenvalue weighted by atomic mass is 16.2. The van der Waals surface area contributed by atoms with Crippen LogP contribution in [0.2, 0.25) is 0 Å². The third-order valence-corrected chi connectivity index (χ3v) is 3.31. The summed E-state index contributed by atoms with van der Waals surface area (Å²) >= 11 is 0. The van der Waals surface area contributed by atoms with Gasteiger partial charge in [-0.2, -0.15) is 5.10 Å². The second kappa shape index (κ2) is 5.39. The van der Waals surface area contributed by atoms with E-state index in [1.807, 2.05) is 0 Å². The van der Waals surface area contributed by atoms with E-state index in [1.54, 1.807) is 6.07 Å². The lowest BCUT2D eigenvalue weighted by Crippen LogP contribution is -2.27. The molecule has 1 amide bonds. The van der Waals surface area contributed by atoms with Crippen LogP contribution in [-0.4, -0.2) is 32.6 Å². The third-order valence-electron chi connectivity index (χ3n) is 3.31. The van der Waals surface area contributed by atoms with Gasteiger partial charge in [0.1, 0.15) is 17.3 Å². The molecule has 21 heavy (non-hydrogen) atoms. The largest absolute Gasteiger partial charge is 0.383 e. The molecule has 0 atom stereocenters. The summed E-state index contributed by atoms with van der Waals surface area (Å²) in [6.07, 6.45) is 2.70.